The molecule has 0 saturated carbocycles. The minimum atomic E-state index is -1.17. The lowest BCUT2D eigenvalue weighted by Crippen LogP contribution is -2.43. The molecule has 1 N–H and O–H groups in total. The Bertz CT molecular complexity index is 728. The highest BCUT2D eigenvalue weighted by atomic mass is 35.5. The molecule has 4 rings (SSSR count). The normalized spacial score (nSPS) is 23.5. The summed E-state index contributed by atoms with van der Waals surface area (Å²) in [5.74, 6) is 0.878. The first-order chi connectivity index (χ1) is 9.71. The number of nitrogens with zero attached hydrogens (tertiary/aromatic N) is 2. The van der Waals surface area contributed by atoms with Crippen molar-refractivity contribution < 1.29 is 5.11 Å². The molecule has 4 heteroatoms. The highest BCUT2D eigenvalue weighted by Gasteiger charge is 2.49. The van der Waals surface area contributed by atoms with E-state index in [-0.39, 0.29) is 0 Å². The van der Waals surface area contributed by atoms with Crippen LogP contribution >= 0.6 is 11.6 Å². The molecule has 20 heavy (non-hydrogen) atoms. The summed E-state index contributed by atoms with van der Waals surface area (Å²) in [5, 5.41) is 12.0. The molecule has 2 heterocycles. The molecular formula is C16H13ClN2O. The summed E-state index contributed by atoms with van der Waals surface area (Å²) in [6, 6.07) is 15.3. The van der Waals surface area contributed by atoms with Gasteiger partial charge in [-0.1, -0.05) is 48.0 Å². The van der Waals surface area contributed by atoms with Crippen molar-refractivity contribution in [1.82, 2.24) is 4.90 Å². The molecule has 2 aromatic rings. The van der Waals surface area contributed by atoms with Gasteiger partial charge in [0.15, 0.2) is 5.72 Å². The minimum Gasteiger partial charge on any atom is -0.363 e. The molecule has 2 aromatic carbocycles. The van der Waals surface area contributed by atoms with Gasteiger partial charge in [0.25, 0.3) is 0 Å². The topological polar surface area (TPSA) is 35.8 Å². The Morgan fingerprint density at radius 2 is 2.00 bits per heavy atom. The van der Waals surface area contributed by atoms with Gasteiger partial charge >= 0.3 is 0 Å². The van der Waals surface area contributed by atoms with Crippen LogP contribution in [0.1, 0.15) is 16.7 Å². The van der Waals surface area contributed by atoms with E-state index in [1.54, 1.807) is 0 Å². The van der Waals surface area contributed by atoms with Crippen LogP contribution in [0.25, 0.3) is 0 Å². The number of rotatable bonds is 1. The monoisotopic (exact) mass is 284 g/mol. The first kappa shape index (κ1) is 11.9. The van der Waals surface area contributed by atoms with Crippen molar-refractivity contribution in [2.24, 2.45) is 4.99 Å². The summed E-state index contributed by atoms with van der Waals surface area (Å²) in [4.78, 5) is 6.49. The van der Waals surface area contributed by atoms with Gasteiger partial charge in [0.1, 0.15) is 5.84 Å². The van der Waals surface area contributed by atoms with E-state index in [0.29, 0.717) is 18.1 Å². The lowest BCUT2D eigenvalue weighted by atomic mass is 9.93. The van der Waals surface area contributed by atoms with Gasteiger partial charge in [0, 0.05) is 28.3 Å². The summed E-state index contributed by atoms with van der Waals surface area (Å²) in [7, 11) is 0. The Balaban J connectivity index is 1.99. The van der Waals surface area contributed by atoms with E-state index in [1.807, 2.05) is 53.4 Å². The van der Waals surface area contributed by atoms with Gasteiger partial charge in [-0.25, -0.2) is 0 Å². The van der Waals surface area contributed by atoms with E-state index < -0.39 is 5.72 Å². The average molecular weight is 285 g/mol. The third-order valence-corrected chi connectivity index (χ3v) is 4.24. The van der Waals surface area contributed by atoms with Gasteiger partial charge in [0.05, 0.1) is 6.54 Å². The lowest BCUT2D eigenvalue weighted by Gasteiger charge is -2.34. The fourth-order valence-electron chi connectivity index (χ4n) is 3.14. The van der Waals surface area contributed by atoms with Crippen molar-refractivity contribution in [3.63, 3.8) is 0 Å². The fraction of sp³-hybridized carbons (Fsp3) is 0.188. The zero-order valence-electron chi connectivity index (χ0n) is 10.8. The quantitative estimate of drug-likeness (QED) is 0.874. The third kappa shape index (κ3) is 1.42. The predicted octanol–water partition coefficient (Wildman–Crippen LogP) is 2.61. The van der Waals surface area contributed by atoms with E-state index in [2.05, 4.69) is 4.99 Å². The minimum absolute atomic E-state index is 0.623. The standard InChI is InChI=1S/C16H13ClN2O/c17-12-5-3-4-11(10-12)16(20)14-7-2-1-6-13(14)15-18-8-9-19(15)16/h1-7,10,20H,8-9H2/t16-/m0/s1. The van der Waals surface area contributed by atoms with Crippen LogP contribution in [0.15, 0.2) is 53.5 Å². The van der Waals surface area contributed by atoms with Crippen LogP contribution < -0.4 is 0 Å². The molecule has 3 nitrogen and oxygen atoms in total. The Hall–Kier alpha value is -1.84. The maximum Gasteiger partial charge on any atom is 0.193 e. The maximum absolute atomic E-state index is 11.4. The summed E-state index contributed by atoms with van der Waals surface area (Å²) >= 11 is 6.10. The lowest BCUT2D eigenvalue weighted by molar-refractivity contribution is -0.0242. The van der Waals surface area contributed by atoms with E-state index in [0.717, 1.165) is 22.5 Å². The Kier molecular flexibility index (Phi) is 2.43. The average Bonchev–Trinajstić information content (AvgIpc) is 3.03. The number of aliphatic imine (C=N–C) groups is 1. The first-order valence-electron chi connectivity index (χ1n) is 6.61. The highest BCUT2D eigenvalue weighted by Crippen LogP contribution is 2.44. The summed E-state index contributed by atoms with van der Waals surface area (Å²) in [5.41, 5.74) is 1.49. The first-order valence-corrected chi connectivity index (χ1v) is 6.99. The molecule has 1 atom stereocenters. The van der Waals surface area contributed by atoms with Crippen LogP contribution in [0, 0.1) is 0 Å². The number of amidine groups is 1. The molecule has 0 aliphatic carbocycles. The van der Waals surface area contributed by atoms with Crippen LogP contribution in [0.4, 0.5) is 0 Å². The van der Waals surface area contributed by atoms with Gasteiger partial charge in [-0.05, 0) is 12.1 Å². The summed E-state index contributed by atoms with van der Waals surface area (Å²) in [6.07, 6.45) is 0. The molecule has 2 aliphatic heterocycles. The second-order valence-electron chi connectivity index (χ2n) is 5.09. The Labute approximate surface area is 122 Å². The van der Waals surface area contributed by atoms with E-state index in [9.17, 15) is 5.11 Å². The van der Waals surface area contributed by atoms with Crippen molar-refractivity contribution in [2.75, 3.05) is 13.1 Å². The van der Waals surface area contributed by atoms with Gasteiger partial charge in [-0.2, -0.15) is 0 Å². The maximum atomic E-state index is 11.4. The van der Waals surface area contributed by atoms with Crippen LogP contribution in [0.5, 0.6) is 0 Å². The molecule has 0 unspecified atom stereocenters. The number of hydrogen-bond donors (Lipinski definition) is 1. The fourth-order valence-corrected chi connectivity index (χ4v) is 3.33. The van der Waals surface area contributed by atoms with Crippen molar-refractivity contribution in [1.29, 1.82) is 0 Å². The number of aliphatic hydroxyl groups is 1. The molecule has 0 aromatic heterocycles. The summed E-state index contributed by atoms with van der Waals surface area (Å²) < 4.78 is 0. The molecular weight excluding hydrogens is 272 g/mol. The molecule has 0 saturated heterocycles. The van der Waals surface area contributed by atoms with E-state index >= 15 is 0 Å². The number of hydrogen-bond acceptors (Lipinski definition) is 3. The van der Waals surface area contributed by atoms with E-state index in [1.165, 1.54) is 0 Å². The molecule has 2 aliphatic rings. The molecule has 0 spiro atoms. The highest BCUT2D eigenvalue weighted by molar-refractivity contribution is 6.30. The van der Waals surface area contributed by atoms with Gasteiger partial charge in [0.2, 0.25) is 0 Å². The second-order valence-corrected chi connectivity index (χ2v) is 5.52. The number of benzene rings is 2. The van der Waals surface area contributed by atoms with Crippen LogP contribution in [0.2, 0.25) is 5.02 Å². The Morgan fingerprint density at radius 1 is 1.15 bits per heavy atom. The van der Waals surface area contributed by atoms with Crippen LogP contribution in [0.3, 0.4) is 0 Å². The van der Waals surface area contributed by atoms with Crippen molar-refractivity contribution >= 4 is 17.4 Å². The number of halogens is 1. The Morgan fingerprint density at radius 3 is 2.85 bits per heavy atom. The van der Waals surface area contributed by atoms with Crippen LogP contribution in [-0.2, 0) is 5.72 Å². The van der Waals surface area contributed by atoms with Crippen molar-refractivity contribution in [3.05, 3.63) is 70.2 Å². The molecule has 100 valence electrons. The molecule has 0 fully saturated rings. The second kappa shape index (κ2) is 4.08. The predicted molar refractivity (Wildman–Crippen MR) is 79.0 cm³/mol. The molecule has 0 radical (unpaired) electrons. The molecule has 0 amide bonds. The summed E-state index contributed by atoms with van der Waals surface area (Å²) in [6.45, 7) is 1.43. The van der Waals surface area contributed by atoms with Crippen molar-refractivity contribution in [3.8, 4) is 0 Å². The smallest absolute Gasteiger partial charge is 0.193 e. The zero-order chi connectivity index (χ0) is 13.7. The number of fused-ring (bicyclic) bond motifs is 3. The van der Waals surface area contributed by atoms with Crippen molar-refractivity contribution in [2.45, 2.75) is 5.72 Å². The van der Waals surface area contributed by atoms with E-state index in [4.69, 9.17) is 11.6 Å². The SMILES string of the molecule is O[C@@]1(c2cccc(Cl)c2)c2ccccc2C2=NCCN21. The van der Waals surface area contributed by atoms with Gasteiger partial charge < -0.3 is 10.0 Å². The third-order valence-electron chi connectivity index (χ3n) is 4.00. The van der Waals surface area contributed by atoms with Gasteiger partial charge in [-0.15, -0.1) is 0 Å². The molecule has 0 bridgehead atoms. The van der Waals surface area contributed by atoms with Crippen LogP contribution in [-0.4, -0.2) is 28.9 Å². The van der Waals surface area contributed by atoms with Gasteiger partial charge in [-0.3, -0.25) is 4.99 Å². The zero-order valence-corrected chi connectivity index (χ0v) is 11.5. The largest absolute Gasteiger partial charge is 0.363 e.